The summed E-state index contributed by atoms with van der Waals surface area (Å²) < 4.78 is 5.97. The van der Waals surface area contributed by atoms with Gasteiger partial charge in [-0.15, -0.1) is 22.9 Å². The second-order valence-electron chi connectivity index (χ2n) is 7.24. The maximum Gasteiger partial charge on any atom is 0.345 e. The Balaban J connectivity index is 1.52. The Hall–Kier alpha value is -1.27. The van der Waals surface area contributed by atoms with Crippen LogP contribution in [0.1, 0.15) is 45.8 Å². The number of rotatable bonds is 9. The summed E-state index contributed by atoms with van der Waals surface area (Å²) in [5, 5.41) is 19.0. The Labute approximate surface area is 179 Å². The van der Waals surface area contributed by atoms with Crippen LogP contribution in [-0.2, 0) is 13.0 Å². The van der Waals surface area contributed by atoms with Crippen LogP contribution < -0.4 is 4.74 Å². The number of aliphatic hydroxyl groups is 1. The molecule has 1 aliphatic rings. The van der Waals surface area contributed by atoms with E-state index in [4.69, 9.17) is 33.0 Å². The first kappa shape index (κ1) is 21.4. The van der Waals surface area contributed by atoms with Crippen molar-refractivity contribution in [1.82, 2.24) is 0 Å². The van der Waals surface area contributed by atoms with Gasteiger partial charge in [-0.05, 0) is 79.8 Å². The van der Waals surface area contributed by atoms with E-state index < -0.39 is 5.97 Å². The van der Waals surface area contributed by atoms with Gasteiger partial charge in [0.05, 0.1) is 13.2 Å². The van der Waals surface area contributed by atoms with Gasteiger partial charge >= 0.3 is 5.97 Å². The number of benzene rings is 1. The van der Waals surface area contributed by atoms with E-state index in [0.717, 1.165) is 42.5 Å². The molecular weight excluding hydrogens is 419 g/mol. The molecule has 0 saturated heterocycles. The molecule has 28 heavy (non-hydrogen) atoms. The van der Waals surface area contributed by atoms with Gasteiger partial charge < -0.3 is 14.9 Å². The summed E-state index contributed by atoms with van der Waals surface area (Å²) in [4.78, 5) is 12.5. The van der Waals surface area contributed by atoms with Crippen molar-refractivity contribution in [3.63, 3.8) is 0 Å². The molecule has 3 atom stereocenters. The van der Waals surface area contributed by atoms with E-state index in [-0.39, 0.29) is 12.0 Å². The van der Waals surface area contributed by atoms with Crippen LogP contribution in [0.4, 0.5) is 0 Å². The van der Waals surface area contributed by atoms with Crippen molar-refractivity contribution >= 4 is 40.5 Å². The molecule has 152 valence electrons. The molecular formula is C21H24Cl2O4S. The van der Waals surface area contributed by atoms with Gasteiger partial charge in [0.1, 0.15) is 10.6 Å². The molecule has 7 heteroatoms. The quantitative estimate of drug-likeness (QED) is 0.493. The number of alkyl halides is 1. The standard InChI is InChI=1S/C21H24Cl2O4S/c22-15-8-13(11-24)9-16(10-15)27-12-14-4-6-19(23)18(14)3-1-2-17-5-7-20(28-17)21(25)26/h5,7-10,14,18-19,24H,1-4,6,11-12H2,(H,25,26)/t14-,18?,19-/m1/s1. The summed E-state index contributed by atoms with van der Waals surface area (Å²) in [5.41, 5.74) is 0.734. The number of aryl methyl sites for hydroxylation is 1. The molecule has 0 spiro atoms. The van der Waals surface area contributed by atoms with Gasteiger partial charge in [0, 0.05) is 15.3 Å². The van der Waals surface area contributed by atoms with Crippen molar-refractivity contribution in [3.8, 4) is 5.75 Å². The van der Waals surface area contributed by atoms with E-state index in [9.17, 15) is 9.90 Å². The highest BCUT2D eigenvalue weighted by Gasteiger charge is 2.34. The average Bonchev–Trinajstić information content (AvgIpc) is 3.27. The smallest absolute Gasteiger partial charge is 0.345 e. The Bertz CT molecular complexity index is 807. The number of hydrogen-bond donors (Lipinski definition) is 2. The van der Waals surface area contributed by atoms with E-state index in [0.29, 0.717) is 34.1 Å². The maximum atomic E-state index is 11.0. The zero-order chi connectivity index (χ0) is 20.1. The van der Waals surface area contributed by atoms with Gasteiger partial charge in [0.15, 0.2) is 0 Å². The second kappa shape index (κ2) is 9.97. The summed E-state index contributed by atoms with van der Waals surface area (Å²) in [5.74, 6) is 0.581. The number of ether oxygens (including phenoxy) is 1. The van der Waals surface area contributed by atoms with E-state index in [1.165, 1.54) is 11.3 Å². The van der Waals surface area contributed by atoms with Crippen molar-refractivity contribution < 1.29 is 19.7 Å². The molecule has 1 aromatic heterocycles. The minimum atomic E-state index is -0.865. The number of halogens is 2. The normalized spacial score (nSPS) is 21.8. The monoisotopic (exact) mass is 442 g/mol. The highest BCUT2D eigenvalue weighted by atomic mass is 35.5. The lowest BCUT2D eigenvalue weighted by Crippen LogP contribution is -2.21. The van der Waals surface area contributed by atoms with Crippen LogP contribution in [0, 0.1) is 11.8 Å². The Kier molecular flexibility index (Phi) is 7.63. The molecule has 0 aliphatic heterocycles. The summed E-state index contributed by atoms with van der Waals surface area (Å²) in [7, 11) is 0. The third kappa shape index (κ3) is 5.63. The molecule has 2 aromatic rings. The van der Waals surface area contributed by atoms with Crippen LogP contribution in [0.2, 0.25) is 5.02 Å². The van der Waals surface area contributed by atoms with Gasteiger partial charge in [-0.2, -0.15) is 0 Å². The predicted octanol–water partition coefficient (Wildman–Crippen LogP) is 5.63. The van der Waals surface area contributed by atoms with Gasteiger partial charge in [0.25, 0.3) is 0 Å². The van der Waals surface area contributed by atoms with Gasteiger partial charge in [-0.3, -0.25) is 0 Å². The SMILES string of the molecule is O=C(O)c1ccc(CCCC2[C@@H](COc3cc(Cl)cc(CO)c3)CC[C@H]2Cl)s1. The third-order valence-electron chi connectivity index (χ3n) is 5.29. The predicted molar refractivity (Wildman–Crippen MR) is 113 cm³/mol. The lowest BCUT2D eigenvalue weighted by atomic mass is 9.91. The number of carboxylic acids is 1. The Morgan fingerprint density at radius 2 is 2.07 bits per heavy atom. The van der Waals surface area contributed by atoms with Gasteiger partial charge in [-0.25, -0.2) is 4.79 Å². The van der Waals surface area contributed by atoms with Gasteiger partial charge in [-0.1, -0.05) is 11.6 Å². The fraction of sp³-hybridized carbons (Fsp3) is 0.476. The average molecular weight is 443 g/mol. The number of aromatic carboxylic acids is 1. The molecule has 0 amide bonds. The largest absolute Gasteiger partial charge is 0.493 e. The maximum absolute atomic E-state index is 11.0. The fourth-order valence-electron chi connectivity index (χ4n) is 3.86. The number of hydrogen-bond acceptors (Lipinski definition) is 4. The molecule has 1 aliphatic carbocycles. The lowest BCUT2D eigenvalue weighted by Gasteiger charge is -2.22. The molecule has 0 radical (unpaired) electrons. The minimum Gasteiger partial charge on any atom is -0.493 e. The minimum absolute atomic E-state index is 0.0704. The third-order valence-corrected chi connectivity index (χ3v) is 7.19. The summed E-state index contributed by atoms with van der Waals surface area (Å²) in [6, 6.07) is 8.87. The van der Waals surface area contributed by atoms with Crippen LogP contribution in [0.3, 0.4) is 0 Å². The number of carbonyl (C=O) groups is 1. The Morgan fingerprint density at radius 3 is 2.79 bits per heavy atom. The van der Waals surface area contributed by atoms with Gasteiger partial charge in [0.2, 0.25) is 0 Å². The van der Waals surface area contributed by atoms with Crippen molar-refractivity contribution in [2.75, 3.05) is 6.61 Å². The van der Waals surface area contributed by atoms with Crippen LogP contribution in [0.15, 0.2) is 30.3 Å². The van der Waals surface area contributed by atoms with E-state index >= 15 is 0 Å². The zero-order valence-electron chi connectivity index (χ0n) is 15.4. The van der Waals surface area contributed by atoms with Crippen LogP contribution in [0.5, 0.6) is 5.75 Å². The molecule has 4 nitrogen and oxygen atoms in total. The highest BCUT2D eigenvalue weighted by Crippen LogP contribution is 2.39. The van der Waals surface area contributed by atoms with Crippen LogP contribution >= 0.6 is 34.5 Å². The molecule has 1 aromatic carbocycles. The second-order valence-corrected chi connectivity index (χ2v) is 9.41. The van der Waals surface area contributed by atoms with E-state index in [1.54, 1.807) is 18.2 Å². The molecule has 1 unspecified atom stereocenters. The molecule has 1 fully saturated rings. The van der Waals surface area contributed by atoms with E-state index in [1.807, 2.05) is 12.1 Å². The van der Waals surface area contributed by atoms with Crippen LogP contribution in [-0.4, -0.2) is 28.2 Å². The molecule has 1 heterocycles. The number of thiophene rings is 1. The highest BCUT2D eigenvalue weighted by molar-refractivity contribution is 7.13. The summed E-state index contributed by atoms with van der Waals surface area (Å²) in [6.45, 7) is 0.514. The van der Waals surface area contributed by atoms with Crippen LogP contribution in [0.25, 0.3) is 0 Å². The summed E-state index contributed by atoms with van der Waals surface area (Å²) in [6.07, 6.45) is 4.88. The fourth-order valence-corrected chi connectivity index (χ4v) is 5.45. The van der Waals surface area contributed by atoms with Crippen molar-refractivity contribution in [3.05, 3.63) is 50.7 Å². The first-order valence-corrected chi connectivity index (χ1v) is 11.1. The Morgan fingerprint density at radius 1 is 1.25 bits per heavy atom. The first-order chi connectivity index (χ1) is 13.5. The topological polar surface area (TPSA) is 66.8 Å². The molecule has 0 bridgehead atoms. The number of carboxylic acid groups (broad SMARTS) is 1. The van der Waals surface area contributed by atoms with Crippen molar-refractivity contribution in [2.24, 2.45) is 11.8 Å². The van der Waals surface area contributed by atoms with E-state index in [2.05, 4.69) is 0 Å². The molecule has 1 saturated carbocycles. The lowest BCUT2D eigenvalue weighted by molar-refractivity contribution is 0.0702. The molecule has 2 N–H and O–H groups in total. The number of aliphatic hydroxyl groups excluding tert-OH is 1. The first-order valence-electron chi connectivity index (χ1n) is 9.45. The van der Waals surface area contributed by atoms with Crippen molar-refractivity contribution in [1.29, 1.82) is 0 Å². The van der Waals surface area contributed by atoms with Crippen molar-refractivity contribution in [2.45, 2.75) is 44.1 Å². The summed E-state index contributed by atoms with van der Waals surface area (Å²) >= 11 is 14.0. The zero-order valence-corrected chi connectivity index (χ0v) is 17.8. The molecule has 3 rings (SSSR count).